The third-order valence-electron chi connectivity index (χ3n) is 3.31. The molecule has 0 heterocycles. The quantitative estimate of drug-likeness (QED) is 0.709. The van der Waals surface area contributed by atoms with Gasteiger partial charge in [-0.25, -0.2) is 4.39 Å². The second kappa shape index (κ2) is 5.64. The van der Waals surface area contributed by atoms with Gasteiger partial charge in [-0.05, 0) is 23.6 Å². The Morgan fingerprint density at radius 3 is 2.62 bits per heavy atom. The van der Waals surface area contributed by atoms with Gasteiger partial charge < -0.3 is 4.74 Å². The van der Waals surface area contributed by atoms with Crippen molar-refractivity contribution in [3.8, 4) is 11.8 Å². The lowest BCUT2D eigenvalue weighted by molar-refractivity contribution is 0.303. The summed E-state index contributed by atoms with van der Waals surface area (Å²) in [7, 11) is 0. The normalized spacial score (nSPS) is 10.3. The number of nitriles is 1. The molecule has 102 valence electrons. The van der Waals surface area contributed by atoms with E-state index in [9.17, 15) is 4.39 Å². The minimum Gasteiger partial charge on any atom is -0.488 e. The average Bonchev–Trinajstić information content (AvgIpc) is 2.53. The van der Waals surface area contributed by atoms with E-state index >= 15 is 0 Å². The van der Waals surface area contributed by atoms with E-state index in [1.54, 1.807) is 12.1 Å². The van der Waals surface area contributed by atoms with E-state index in [0.717, 1.165) is 16.5 Å². The van der Waals surface area contributed by atoms with Gasteiger partial charge in [0.05, 0.1) is 11.6 Å². The number of halogens is 1. The third kappa shape index (κ3) is 2.70. The van der Waals surface area contributed by atoms with Crippen LogP contribution in [0.25, 0.3) is 10.8 Å². The molecule has 0 bridgehead atoms. The van der Waals surface area contributed by atoms with Crippen molar-refractivity contribution >= 4 is 10.8 Å². The van der Waals surface area contributed by atoms with Gasteiger partial charge in [0, 0.05) is 10.9 Å². The SMILES string of the molecule is N#Cc1ccc(COc2cccc3ccccc23)c(F)c1. The van der Waals surface area contributed by atoms with E-state index in [1.807, 2.05) is 48.5 Å². The highest BCUT2D eigenvalue weighted by molar-refractivity contribution is 5.88. The summed E-state index contributed by atoms with van der Waals surface area (Å²) in [5, 5.41) is 10.8. The van der Waals surface area contributed by atoms with Gasteiger partial charge in [0.1, 0.15) is 18.2 Å². The third-order valence-corrected chi connectivity index (χ3v) is 3.31. The number of benzene rings is 3. The van der Waals surface area contributed by atoms with E-state index in [0.29, 0.717) is 11.1 Å². The van der Waals surface area contributed by atoms with Crippen LogP contribution in [0.2, 0.25) is 0 Å². The molecule has 3 aromatic carbocycles. The highest BCUT2D eigenvalue weighted by atomic mass is 19.1. The van der Waals surface area contributed by atoms with E-state index < -0.39 is 5.82 Å². The predicted molar refractivity (Wildman–Crippen MR) is 79.4 cm³/mol. The maximum Gasteiger partial charge on any atom is 0.131 e. The Balaban J connectivity index is 1.86. The summed E-state index contributed by atoms with van der Waals surface area (Å²) in [6, 6.07) is 20.0. The highest BCUT2D eigenvalue weighted by Crippen LogP contribution is 2.26. The molecule has 2 nitrogen and oxygen atoms in total. The lowest BCUT2D eigenvalue weighted by atomic mass is 10.1. The number of rotatable bonds is 3. The maximum absolute atomic E-state index is 13.8. The van der Waals surface area contributed by atoms with Crippen LogP contribution in [-0.2, 0) is 6.61 Å². The lowest BCUT2D eigenvalue weighted by Gasteiger charge is -2.10. The molecule has 0 saturated heterocycles. The van der Waals surface area contributed by atoms with Gasteiger partial charge in [-0.3, -0.25) is 0 Å². The first-order valence-corrected chi connectivity index (χ1v) is 6.57. The van der Waals surface area contributed by atoms with Gasteiger partial charge in [-0.15, -0.1) is 0 Å². The second-order valence-electron chi connectivity index (χ2n) is 4.68. The largest absolute Gasteiger partial charge is 0.488 e. The van der Waals surface area contributed by atoms with Crippen LogP contribution in [-0.4, -0.2) is 0 Å². The maximum atomic E-state index is 13.8. The fourth-order valence-corrected chi connectivity index (χ4v) is 2.21. The zero-order valence-electron chi connectivity index (χ0n) is 11.2. The molecule has 0 aliphatic carbocycles. The van der Waals surface area contributed by atoms with Crippen LogP contribution in [0.5, 0.6) is 5.75 Å². The number of nitrogens with zero attached hydrogens (tertiary/aromatic N) is 1. The van der Waals surface area contributed by atoms with Gasteiger partial charge in [0.2, 0.25) is 0 Å². The fraction of sp³-hybridized carbons (Fsp3) is 0.0556. The molecular weight excluding hydrogens is 265 g/mol. The molecule has 0 radical (unpaired) electrons. The van der Waals surface area contributed by atoms with Crippen LogP contribution >= 0.6 is 0 Å². The van der Waals surface area contributed by atoms with Crippen molar-refractivity contribution < 1.29 is 9.13 Å². The Kier molecular flexibility index (Phi) is 3.53. The molecule has 3 heteroatoms. The predicted octanol–water partition coefficient (Wildman–Crippen LogP) is 4.43. The molecule has 0 aliphatic rings. The first kappa shape index (κ1) is 13.1. The van der Waals surface area contributed by atoms with Crippen molar-refractivity contribution in [2.24, 2.45) is 0 Å². The monoisotopic (exact) mass is 277 g/mol. The fourth-order valence-electron chi connectivity index (χ4n) is 2.21. The number of hydrogen-bond acceptors (Lipinski definition) is 2. The summed E-state index contributed by atoms with van der Waals surface area (Å²) in [5.41, 5.74) is 0.739. The summed E-state index contributed by atoms with van der Waals surface area (Å²) in [5.74, 6) is 0.297. The summed E-state index contributed by atoms with van der Waals surface area (Å²) in [4.78, 5) is 0. The van der Waals surface area contributed by atoms with Gasteiger partial charge in [-0.1, -0.05) is 42.5 Å². The summed E-state index contributed by atoms with van der Waals surface area (Å²) in [6.45, 7) is 0.131. The summed E-state index contributed by atoms with van der Waals surface area (Å²) in [6.07, 6.45) is 0. The van der Waals surface area contributed by atoms with E-state index in [1.165, 1.54) is 6.07 Å². The topological polar surface area (TPSA) is 33.0 Å². The standard InChI is InChI=1S/C18H12FNO/c19-17-10-13(11-20)8-9-15(17)12-21-18-7-3-5-14-4-1-2-6-16(14)18/h1-10H,12H2. The zero-order valence-corrected chi connectivity index (χ0v) is 11.2. The van der Waals surface area contributed by atoms with E-state index in [4.69, 9.17) is 10.00 Å². The molecule has 0 saturated carbocycles. The van der Waals surface area contributed by atoms with Gasteiger partial charge in [0.15, 0.2) is 0 Å². The Bertz CT molecular complexity index is 831. The molecule has 0 aromatic heterocycles. The molecule has 21 heavy (non-hydrogen) atoms. The Hall–Kier alpha value is -2.86. The minimum atomic E-state index is -0.422. The molecule has 0 amide bonds. The van der Waals surface area contributed by atoms with Crippen LogP contribution in [0.4, 0.5) is 4.39 Å². The molecule has 0 N–H and O–H groups in total. The first-order chi connectivity index (χ1) is 10.3. The number of ether oxygens (including phenoxy) is 1. The van der Waals surface area contributed by atoms with Crippen molar-refractivity contribution in [3.05, 3.63) is 77.6 Å². The van der Waals surface area contributed by atoms with Gasteiger partial charge in [-0.2, -0.15) is 5.26 Å². The van der Waals surface area contributed by atoms with Crippen molar-refractivity contribution in [3.63, 3.8) is 0 Å². The molecule has 0 aliphatic heterocycles. The van der Waals surface area contributed by atoms with Crippen LogP contribution in [0.15, 0.2) is 60.7 Å². The Morgan fingerprint density at radius 2 is 1.81 bits per heavy atom. The first-order valence-electron chi connectivity index (χ1n) is 6.57. The molecule has 0 unspecified atom stereocenters. The van der Waals surface area contributed by atoms with Crippen molar-refractivity contribution in [2.45, 2.75) is 6.61 Å². The Labute approximate surface area is 122 Å². The summed E-state index contributed by atoms with van der Waals surface area (Å²) >= 11 is 0. The lowest BCUT2D eigenvalue weighted by Crippen LogP contribution is -1.99. The molecule has 3 aromatic rings. The average molecular weight is 277 g/mol. The smallest absolute Gasteiger partial charge is 0.131 e. The van der Waals surface area contributed by atoms with Crippen LogP contribution in [0.1, 0.15) is 11.1 Å². The molecule has 3 rings (SSSR count). The van der Waals surface area contributed by atoms with Gasteiger partial charge >= 0.3 is 0 Å². The minimum absolute atomic E-state index is 0.131. The number of hydrogen-bond donors (Lipinski definition) is 0. The molecule has 0 fully saturated rings. The van der Waals surface area contributed by atoms with Crippen LogP contribution in [0, 0.1) is 17.1 Å². The van der Waals surface area contributed by atoms with Crippen LogP contribution < -0.4 is 4.74 Å². The zero-order chi connectivity index (χ0) is 14.7. The van der Waals surface area contributed by atoms with Crippen molar-refractivity contribution in [1.82, 2.24) is 0 Å². The van der Waals surface area contributed by atoms with E-state index in [-0.39, 0.29) is 6.61 Å². The summed E-state index contributed by atoms with van der Waals surface area (Å²) < 4.78 is 19.6. The van der Waals surface area contributed by atoms with Crippen molar-refractivity contribution in [1.29, 1.82) is 5.26 Å². The highest BCUT2D eigenvalue weighted by Gasteiger charge is 2.06. The molecular formula is C18H12FNO. The second-order valence-corrected chi connectivity index (χ2v) is 4.68. The Morgan fingerprint density at radius 1 is 1.00 bits per heavy atom. The van der Waals surface area contributed by atoms with Crippen molar-refractivity contribution in [2.75, 3.05) is 0 Å². The number of fused-ring (bicyclic) bond motifs is 1. The molecule has 0 spiro atoms. The van der Waals surface area contributed by atoms with Crippen LogP contribution in [0.3, 0.4) is 0 Å². The molecule has 0 atom stereocenters. The van der Waals surface area contributed by atoms with E-state index in [2.05, 4.69) is 0 Å². The van der Waals surface area contributed by atoms with Gasteiger partial charge in [0.25, 0.3) is 0 Å².